The molecule has 1 aliphatic carbocycles. The van der Waals surface area contributed by atoms with Crippen molar-refractivity contribution < 1.29 is 13.2 Å². The molecule has 1 fully saturated rings. The molecular formula is C10H10F3N. The first-order chi connectivity index (χ1) is 6.61. The van der Waals surface area contributed by atoms with Gasteiger partial charge in [0, 0.05) is 11.6 Å². The van der Waals surface area contributed by atoms with Gasteiger partial charge in [0.1, 0.15) is 0 Å². The van der Waals surface area contributed by atoms with Crippen LogP contribution in [0.4, 0.5) is 13.2 Å². The fraction of sp³-hybridized carbons (Fsp3) is 0.400. The molecule has 14 heavy (non-hydrogen) atoms. The number of rotatable bonds is 2. The molecular weight excluding hydrogens is 191 g/mol. The molecule has 0 bridgehead atoms. The summed E-state index contributed by atoms with van der Waals surface area (Å²) in [6.07, 6.45) is 1.86. The molecule has 4 heteroatoms. The van der Waals surface area contributed by atoms with Crippen LogP contribution in [0.2, 0.25) is 0 Å². The molecule has 76 valence electrons. The van der Waals surface area contributed by atoms with Crippen LogP contribution < -0.4 is 5.73 Å². The van der Waals surface area contributed by atoms with Gasteiger partial charge in [-0.1, -0.05) is 6.07 Å². The second kappa shape index (κ2) is 3.28. The Bertz CT molecular complexity index is 361. The van der Waals surface area contributed by atoms with E-state index in [1.807, 2.05) is 0 Å². The molecule has 2 rings (SSSR count). The summed E-state index contributed by atoms with van der Waals surface area (Å²) >= 11 is 0. The van der Waals surface area contributed by atoms with Gasteiger partial charge in [-0.15, -0.1) is 0 Å². The fourth-order valence-electron chi connectivity index (χ4n) is 1.51. The van der Waals surface area contributed by atoms with Crippen molar-refractivity contribution in [3.8, 4) is 0 Å². The molecule has 0 amide bonds. The first-order valence-corrected chi connectivity index (χ1v) is 4.50. The molecule has 1 saturated carbocycles. The molecule has 1 aromatic carbocycles. The van der Waals surface area contributed by atoms with Gasteiger partial charge in [-0.3, -0.25) is 0 Å². The van der Waals surface area contributed by atoms with Crippen LogP contribution in [0.15, 0.2) is 12.1 Å². The molecule has 1 aromatic rings. The van der Waals surface area contributed by atoms with E-state index in [4.69, 9.17) is 5.73 Å². The van der Waals surface area contributed by atoms with Crippen LogP contribution in [0.1, 0.15) is 24.4 Å². The highest BCUT2D eigenvalue weighted by molar-refractivity contribution is 5.24. The molecule has 0 spiro atoms. The molecule has 1 atom stereocenters. The molecule has 0 aromatic heterocycles. The highest BCUT2D eigenvalue weighted by Crippen LogP contribution is 2.40. The van der Waals surface area contributed by atoms with Gasteiger partial charge in [0.05, 0.1) is 0 Å². The molecule has 0 unspecified atom stereocenters. The van der Waals surface area contributed by atoms with Gasteiger partial charge >= 0.3 is 0 Å². The number of benzene rings is 1. The normalized spacial score (nSPS) is 18.3. The van der Waals surface area contributed by atoms with Crippen LogP contribution in [-0.2, 0) is 0 Å². The fourth-order valence-corrected chi connectivity index (χ4v) is 1.51. The Morgan fingerprint density at radius 2 is 1.79 bits per heavy atom. The Labute approximate surface area is 79.7 Å². The van der Waals surface area contributed by atoms with E-state index >= 15 is 0 Å². The molecule has 1 nitrogen and oxygen atoms in total. The van der Waals surface area contributed by atoms with Crippen LogP contribution in [0.25, 0.3) is 0 Å². The second-order valence-corrected chi connectivity index (χ2v) is 3.63. The SMILES string of the molecule is N[C@@H](c1ccc(F)c(F)c1F)C1CC1. The smallest absolute Gasteiger partial charge is 0.194 e. The summed E-state index contributed by atoms with van der Waals surface area (Å²) in [4.78, 5) is 0. The van der Waals surface area contributed by atoms with Gasteiger partial charge in [-0.05, 0) is 24.8 Å². The second-order valence-electron chi connectivity index (χ2n) is 3.63. The monoisotopic (exact) mass is 201 g/mol. The first-order valence-electron chi connectivity index (χ1n) is 4.50. The minimum Gasteiger partial charge on any atom is -0.324 e. The minimum atomic E-state index is -1.43. The Morgan fingerprint density at radius 1 is 1.14 bits per heavy atom. The number of halogens is 3. The van der Waals surface area contributed by atoms with Crippen molar-refractivity contribution in [1.29, 1.82) is 0 Å². The van der Waals surface area contributed by atoms with Gasteiger partial charge in [0.25, 0.3) is 0 Å². The number of hydrogen-bond donors (Lipinski definition) is 1. The Balaban J connectivity index is 2.38. The maximum atomic E-state index is 13.2. The average molecular weight is 201 g/mol. The Hall–Kier alpha value is -1.03. The third-order valence-corrected chi connectivity index (χ3v) is 2.55. The van der Waals surface area contributed by atoms with E-state index in [9.17, 15) is 13.2 Å². The van der Waals surface area contributed by atoms with Crippen LogP contribution in [-0.4, -0.2) is 0 Å². The van der Waals surface area contributed by atoms with Crippen molar-refractivity contribution >= 4 is 0 Å². The average Bonchev–Trinajstić information content (AvgIpc) is 2.97. The molecule has 0 saturated heterocycles. The highest BCUT2D eigenvalue weighted by Gasteiger charge is 2.32. The largest absolute Gasteiger partial charge is 0.324 e. The van der Waals surface area contributed by atoms with Gasteiger partial charge in [0.2, 0.25) is 0 Å². The predicted octanol–water partition coefficient (Wildman–Crippen LogP) is 2.51. The van der Waals surface area contributed by atoms with Crippen molar-refractivity contribution in [2.75, 3.05) is 0 Å². The van der Waals surface area contributed by atoms with Crippen molar-refractivity contribution in [1.82, 2.24) is 0 Å². The summed E-state index contributed by atoms with van der Waals surface area (Å²) < 4.78 is 38.6. The highest BCUT2D eigenvalue weighted by atomic mass is 19.2. The Kier molecular flexibility index (Phi) is 2.23. The summed E-state index contributed by atoms with van der Waals surface area (Å²) in [5.41, 5.74) is 5.77. The molecule has 1 aliphatic rings. The van der Waals surface area contributed by atoms with Crippen molar-refractivity contribution in [3.05, 3.63) is 35.1 Å². The van der Waals surface area contributed by atoms with Gasteiger partial charge in [-0.25, -0.2) is 13.2 Å². The lowest BCUT2D eigenvalue weighted by atomic mass is 10.0. The van der Waals surface area contributed by atoms with Crippen LogP contribution in [0.5, 0.6) is 0 Å². The minimum absolute atomic E-state index is 0.0754. The van der Waals surface area contributed by atoms with Gasteiger partial charge < -0.3 is 5.73 Å². The molecule has 0 heterocycles. The van der Waals surface area contributed by atoms with Crippen LogP contribution >= 0.6 is 0 Å². The van der Waals surface area contributed by atoms with Crippen molar-refractivity contribution in [2.45, 2.75) is 18.9 Å². The third-order valence-electron chi connectivity index (χ3n) is 2.55. The van der Waals surface area contributed by atoms with E-state index in [2.05, 4.69) is 0 Å². The lowest BCUT2D eigenvalue weighted by Gasteiger charge is -2.11. The zero-order chi connectivity index (χ0) is 10.3. The summed E-state index contributed by atoms with van der Waals surface area (Å²) in [5.74, 6) is -3.54. The van der Waals surface area contributed by atoms with E-state index < -0.39 is 23.5 Å². The van der Waals surface area contributed by atoms with E-state index in [0.29, 0.717) is 0 Å². The lowest BCUT2D eigenvalue weighted by molar-refractivity contribution is 0.431. The maximum absolute atomic E-state index is 13.2. The van der Waals surface area contributed by atoms with E-state index in [-0.39, 0.29) is 11.5 Å². The van der Waals surface area contributed by atoms with Crippen LogP contribution in [0, 0.1) is 23.4 Å². The lowest BCUT2D eigenvalue weighted by Crippen LogP contribution is -2.15. The van der Waals surface area contributed by atoms with Gasteiger partial charge in [0.15, 0.2) is 17.5 Å². The summed E-state index contributed by atoms with van der Waals surface area (Å²) in [5, 5.41) is 0. The standard InChI is InChI=1S/C10H10F3N/c11-7-4-3-6(8(12)9(7)13)10(14)5-1-2-5/h3-5,10H,1-2,14H2/t10-/m1/s1. The zero-order valence-electron chi connectivity index (χ0n) is 7.43. The number of nitrogens with two attached hydrogens (primary N) is 1. The van der Waals surface area contributed by atoms with E-state index in [1.165, 1.54) is 6.07 Å². The van der Waals surface area contributed by atoms with Crippen molar-refractivity contribution in [2.24, 2.45) is 11.7 Å². The predicted molar refractivity (Wildman–Crippen MR) is 46.0 cm³/mol. The first kappa shape index (κ1) is 9.52. The topological polar surface area (TPSA) is 26.0 Å². The van der Waals surface area contributed by atoms with Crippen LogP contribution in [0.3, 0.4) is 0 Å². The quantitative estimate of drug-likeness (QED) is 0.731. The molecule has 2 N–H and O–H groups in total. The molecule has 0 aliphatic heterocycles. The van der Waals surface area contributed by atoms with Gasteiger partial charge in [-0.2, -0.15) is 0 Å². The maximum Gasteiger partial charge on any atom is 0.194 e. The summed E-state index contributed by atoms with van der Waals surface area (Å²) in [6.45, 7) is 0. The van der Waals surface area contributed by atoms with Crippen molar-refractivity contribution in [3.63, 3.8) is 0 Å². The zero-order valence-corrected chi connectivity index (χ0v) is 7.43. The Morgan fingerprint density at radius 3 is 2.36 bits per heavy atom. The van der Waals surface area contributed by atoms with E-state index in [1.54, 1.807) is 0 Å². The summed E-state index contributed by atoms with van der Waals surface area (Å²) in [6, 6.07) is 1.62. The number of hydrogen-bond acceptors (Lipinski definition) is 1. The molecule has 0 radical (unpaired) electrons. The third kappa shape index (κ3) is 1.50. The summed E-state index contributed by atoms with van der Waals surface area (Å²) in [7, 11) is 0. The van der Waals surface area contributed by atoms with E-state index in [0.717, 1.165) is 18.9 Å².